The molecule has 0 aliphatic rings. The van der Waals surface area contributed by atoms with Gasteiger partial charge in [-0.2, -0.15) is 0 Å². The predicted molar refractivity (Wildman–Crippen MR) is 88.0 cm³/mol. The van der Waals surface area contributed by atoms with Gasteiger partial charge in [-0.1, -0.05) is 24.3 Å². The first kappa shape index (κ1) is 15.0. The number of hydrogen-bond donors (Lipinski definition) is 2. The second-order valence-corrected chi connectivity index (χ2v) is 5.37. The number of anilines is 2. The maximum atomic E-state index is 14.0. The van der Waals surface area contributed by atoms with Crippen LogP contribution in [0.5, 0.6) is 5.75 Å². The fourth-order valence-electron chi connectivity index (χ4n) is 2.44. The maximum absolute atomic E-state index is 14.0. The summed E-state index contributed by atoms with van der Waals surface area (Å²) in [5.41, 5.74) is 2.05. The van der Waals surface area contributed by atoms with E-state index in [9.17, 15) is 9.50 Å². The van der Waals surface area contributed by atoms with Crippen LogP contribution in [0.1, 0.15) is 11.3 Å². The molecule has 0 amide bonds. The van der Waals surface area contributed by atoms with Crippen LogP contribution in [-0.4, -0.2) is 25.4 Å². The van der Waals surface area contributed by atoms with Crippen molar-refractivity contribution in [3.63, 3.8) is 0 Å². The lowest BCUT2D eigenvalue weighted by Gasteiger charge is -2.10. The molecular weight excluding hydrogens is 325 g/mol. The summed E-state index contributed by atoms with van der Waals surface area (Å²) in [5.74, 6) is 0.167. The first-order valence-corrected chi connectivity index (χ1v) is 7.48. The Morgan fingerprint density at radius 1 is 1.00 bits per heavy atom. The number of fused-ring (bicyclic) bond motifs is 1. The zero-order valence-corrected chi connectivity index (χ0v) is 12.8. The van der Waals surface area contributed by atoms with E-state index in [0.29, 0.717) is 22.8 Å². The molecule has 0 bridgehead atoms. The molecule has 4 aromatic rings. The lowest BCUT2D eigenvalue weighted by atomic mass is 10.1. The number of aromatic nitrogens is 4. The van der Waals surface area contributed by atoms with E-state index in [2.05, 4.69) is 30.2 Å². The number of benzene rings is 2. The van der Waals surface area contributed by atoms with Crippen LogP contribution < -0.4 is 5.32 Å². The molecule has 0 fully saturated rings. The van der Waals surface area contributed by atoms with Gasteiger partial charge in [0.2, 0.25) is 11.3 Å². The van der Waals surface area contributed by atoms with Gasteiger partial charge in [0.15, 0.2) is 5.82 Å². The van der Waals surface area contributed by atoms with Gasteiger partial charge in [0, 0.05) is 18.2 Å². The summed E-state index contributed by atoms with van der Waals surface area (Å²) in [6.45, 7) is 0. The molecule has 0 radical (unpaired) electrons. The third kappa shape index (κ3) is 3.09. The molecular formula is C17H12FN5O2. The van der Waals surface area contributed by atoms with E-state index >= 15 is 0 Å². The minimum absolute atomic E-state index is 0.109. The summed E-state index contributed by atoms with van der Waals surface area (Å²) >= 11 is 0. The second-order valence-electron chi connectivity index (χ2n) is 5.37. The summed E-state index contributed by atoms with van der Waals surface area (Å²) in [7, 11) is 0. The van der Waals surface area contributed by atoms with Gasteiger partial charge in [-0.05, 0) is 34.1 Å². The van der Waals surface area contributed by atoms with Crippen molar-refractivity contribution in [2.45, 2.75) is 6.42 Å². The molecule has 4 rings (SSSR count). The van der Waals surface area contributed by atoms with Crippen LogP contribution in [0, 0.1) is 5.82 Å². The zero-order valence-electron chi connectivity index (χ0n) is 12.8. The number of hydrogen-bond acceptors (Lipinski definition) is 7. The highest BCUT2D eigenvalue weighted by Crippen LogP contribution is 2.24. The smallest absolute Gasteiger partial charge is 0.245 e. The van der Waals surface area contributed by atoms with Gasteiger partial charge in [-0.25, -0.2) is 19.0 Å². The Morgan fingerprint density at radius 3 is 2.60 bits per heavy atom. The molecule has 7 nitrogen and oxygen atoms in total. The van der Waals surface area contributed by atoms with Crippen molar-refractivity contribution >= 4 is 22.8 Å². The summed E-state index contributed by atoms with van der Waals surface area (Å²) in [6.07, 6.45) is 0.212. The Labute approximate surface area is 141 Å². The van der Waals surface area contributed by atoms with Crippen LogP contribution in [0.25, 0.3) is 11.3 Å². The highest BCUT2D eigenvalue weighted by molar-refractivity contribution is 5.70. The molecule has 124 valence electrons. The third-order valence-corrected chi connectivity index (χ3v) is 3.61. The highest BCUT2D eigenvalue weighted by Gasteiger charge is 2.15. The predicted octanol–water partition coefficient (Wildman–Crippen LogP) is 3.19. The molecule has 2 N–H and O–H groups in total. The largest absolute Gasteiger partial charge is 0.508 e. The summed E-state index contributed by atoms with van der Waals surface area (Å²) in [5, 5.41) is 20.0. The molecule has 0 unspecified atom stereocenters. The standard InChI is InChI=1S/C17H12FN5O2/c18-13-7-2-1-4-10(13)8-14-15(19-11-5-3-6-12(24)9-11)21-17-16(20-14)22-25-23-17/h1-7,9,24H,8H2,(H,19,21,23). The van der Waals surface area contributed by atoms with Crippen LogP contribution in [0.3, 0.4) is 0 Å². The van der Waals surface area contributed by atoms with Crippen LogP contribution in [0.15, 0.2) is 53.2 Å². The van der Waals surface area contributed by atoms with Crippen molar-refractivity contribution in [1.29, 1.82) is 0 Å². The quantitative estimate of drug-likeness (QED) is 0.590. The molecule has 25 heavy (non-hydrogen) atoms. The Balaban J connectivity index is 1.77. The zero-order chi connectivity index (χ0) is 17.2. The first-order chi connectivity index (χ1) is 12.2. The topological polar surface area (TPSA) is 97.0 Å². The van der Waals surface area contributed by atoms with Gasteiger partial charge in [0.1, 0.15) is 11.6 Å². The molecule has 0 aliphatic heterocycles. The van der Waals surface area contributed by atoms with E-state index in [1.165, 1.54) is 6.07 Å². The number of nitrogens with zero attached hydrogens (tertiary/aromatic N) is 4. The monoisotopic (exact) mass is 337 g/mol. The van der Waals surface area contributed by atoms with Gasteiger partial charge >= 0.3 is 0 Å². The summed E-state index contributed by atoms with van der Waals surface area (Å²) < 4.78 is 18.6. The van der Waals surface area contributed by atoms with Gasteiger partial charge < -0.3 is 10.4 Å². The summed E-state index contributed by atoms with van der Waals surface area (Å²) in [6, 6.07) is 13.0. The molecule has 0 saturated carbocycles. The Bertz CT molecular complexity index is 1050. The number of aromatic hydroxyl groups is 1. The number of nitrogens with one attached hydrogen (secondary N) is 1. The molecule has 2 aromatic carbocycles. The van der Waals surface area contributed by atoms with Gasteiger partial charge in [0.25, 0.3) is 0 Å². The highest BCUT2D eigenvalue weighted by atomic mass is 19.1. The molecule has 2 aromatic heterocycles. The Hall–Kier alpha value is -3.55. The number of rotatable bonds is 4. The molecule has 0 aliphatic carbocycles. The van der Waals surface area contributed by atoms with E-state index in [-0.39, 0.29) is 29.3 Å². The normalized spacial score (nSPS) is 10.9. The van der Waals surface area contributed by atoms with Crippen LogP contribution in [0.4, 0.5) is 15.9 Å². The fraction of sp³-hybridized carbons (Fsp3) is 0.0588. The lowest BCUT2D eigenvalue weighted by Crippen LogP contribution is -2.04. The van der Waals surface area contributed by atoms with Crippen molar-refractivity contribution in [1.82, 2.24) is 20.3 Å². The van der Waals surface area contributed by atoms with E-state index in [4.69, 9.17) is 0 Å². The summed E-state index contributed by atoms with van der Waals surface area (Å²) in [4.78, 5) is 8.71. The molecule has 2 heterocycles. The van der Waals surface area contributed by atoms with Crippen molar-refractivity contribution in [2.24, 2.45) is 0 Å². The second kappa shape index (κ2) is 6.16. The van der Waals surface area contributed by atoms with Crippen LogP contribution >= 0.6 is 0 Å². The van der Waals surface area contributed by atoms with E-state index in [1.807, 2.05) is 0 Å². The van der Waals surface area contributed by atoms with Gasteiger partial charge in [0.05, 0.1) is 5.69 Å². The van der Waals surface area contributed by atoms with Crippen molar-refractivity contribution < 1.29 is 14.1 Å². The number of phenolic OH excluding ortho intramolecular Hbond substituents is 1. The SMILES string of the molecule is Oc1cccc(Nc2nc3nonc3nc2Cc2ccccc2F)c1. The third-order valence-electron chi connectivity index (χ3n) is 3.61. The molecule has 8 heteroatoms. The van der Waals surface area contributed by atoms with E-state index in [0.717, 1.165) is 0 Å². The van der Waals surface area contributed by atoms with E-state index in [1.54, 1.807) is 42.5 Å². The van der Waals surface area contributed by atoms with E-state index < -0.39 is 0 Å². The van der Waals surface area contributed by atoms with Crippen molar-refractivity contribution in [3.05, 3.63) is 65.6 Å². The lowest BCUT2D eigenvalue weighted by molar-refractivity contribution is 0.314. The maximum Gasteiger partial charge on any atom is 0.245 e. The number of phenols is 1. The average molecular weight is 337 g/mol. The Kier molecular flexibility index (Phi) is 3.70. The van der Waals surface area contributed by atoms with Crippen molar-refractivity contribution in [3.8, 4) is 5.75 Å². The van der Waals surface area contributed by atoms with Crippen molar-refractivity contribution in [2.75, 3.05) is 5.32 Å². The molecule has 0 spiro atoms. The molecule has 0 atom stereocenters. The van der Waals surface area contributed by atoms with Gasteiger partial charge in [-0.15, -0.1) is 0 Å². The molecule has 0 saturated heterocycles. The Morgan fingerprint density at radius 2 is 1.80 bits per heavy atom. The average Bonchev–Trinajstić information content (AvgIpc) is 3.04. The fourth-order valence-corrected chi connectivity index (χ4v) is 2.44. The number of halogens is 1. The van der Waals surface area contributed by atoms with Crippen LogP contribution in [-0.2, 0) is 6.42 Å². The van der Waals surface area contributed by atoms with Gasteiger partial charge in [-0.3, -0.25) is 0 Å². The van der Waals surface area contributed by atoms with Crippen LogP contribution in [0.2, 0.25) is 0 Å². The minimum atomic E-state index is -0.328. The first-order valence-electron chi connectivity index (χ1n) is 7.48. The minimum Gasteiger partial charge on any atom is -0.508 e.